The van der Waals surface area contributed by atoms with Crippen molar-refractivity contribution >= 4 is 34.8 Å². The molecule has 0 aliphatic heterocycles. The first-order chi connectivity index (χ1) is 13.3. The summed E-state index contributed by atoms with van der Waals surface area (Å²) in [5.41, 5.74) is 1.16. The summed E-state index contributed by atoms with van der Waals surface area (Å²) in [5.74, 6) is -2.69. The summed E-state index contributed by atoms with van der Waals surface area (Å²) < 4.78 is 18.6. The Balaban J connectivity index is 1.74. The molecule has 5 nitrogen and oxygen atoms in total. The zero-order valence-corrected chi connectivity index (χ0v) is 15.5. The topological polar surface area (TPSA) is 76.4 Å². The molecule has 28 heavy (non-hydrogen) atoms. The molecule has 0 atom stereocenters. The fraction of sp³-hybridized carbons (Fsp3) is 0.0952. The molecule has 3 rings (SSSR count). The number of carbonyl (C=O) groups is 3. The molecule has 0 unspecified atom stereocenters. The second kappa shape index (κ2) is 8.19. The van der Waals surface area contributed by atoms with Crippen LogP contribution in [0.25, 0.3) is 0 Å². The molecule has 0 aliphatic rings. The second-order valence-corrected chi connectivity index (χ2v) is 6.49. The van der Waals surface area contributed by atoms with Gasteiger partial charge < -0.3 is 9.73 Å². The van der Waals surface area contributed by atoms with E-state index >= 15 is 0 Å². The number of amides is 1. The summed E-state index contributed by atoms with van der Waals surface area (Å²) in [7, 11) is 0. The van der Waals surface area contributed by atoms with Crippen molar-refractivity contribution in [2.45, 2.75) is 13.3 Å². The minimum atomic E-state index is -0.893. The molecule has 142 valence electrons. The maximum atomic E-state index is 13.2. The summed E-state index contributed by atoms with van der Waals surface area (Å²) in [6.07, 6.45) is -0.0514. The van der Waals surface area contributed by atoms with Crippen molar-refractivity contribution in [2.24, 2.45) is 0 Å². The van der Waals surface area contributed by atoms with E-state index < -0.39 is 17.5 Å². The zero-order chi connectivity index (χ0) is 20.3. The van der Waals surface area contributed by atoms with Crippen molar-refractivity contribution in [2.75, 3.05) is 5.32 Å². The molecule has 7 heteroatoms. The van der Waals surface area contributed by atoms with E-state index in [2.05, 4.69) is 5.32 Å². The highest BCUT2D eigenvalue weighted by Crippen LogP contribution is 2.21. The van der Waals surface area contributed by atoms with Crippen LogP contribution in [0, 0.1) is 12.7 Å². The van der Waals surface area contributed by atoms with Crippen LogP contribution in [0.2, 0.25) is 5.02 Å². The summed E-state index contributed by atoms with van der Waals surface area (Å²) in [6.45, 7) is 1.52. The standard InChI is InChI=1S/C21H15ClFNO4/c1-12-15(18(25)10-13-7-8-17(23)16(22)9-13)11-19(28-12)20(26)21(27)24-14-5-3-2-4-6-14/h2-9,11H,10H2,1H3,(H,24,27). The molecule has 0 saturated heterocycles. The van der Waals surface area contributed by atoms with Crippen LogP contribution >= 0.6 is 11.6 Å². The summed E-state index contributed by atoms with van der Waals surface area (Å²) in [4.78, 5) is 36.9. The van der Waals surface area contributed by atoms with Crippen LogP contribution in [0.1, 0.15) is 32.2 Å². The lowest BCUT2D eigenvalue weighted by atomic mass is 10.0. The number of carbonyl (C=O) groups excluding carboxylic acids is 3. The normalized spacial score (nSPS) is 10.5. The average Bonchev–Trinajstić information content (AvgIpc) is 3.06. The quantitative estimate of drug-likeness (QED) is 0.484. The number of aryl methyl sites for hydroxylation is 1. The van der Waals surface area contributed by atoms with Gasteiger partial charge >= 0.3 is 0 Å². The highest BCUT2D eigenvalue weighted by molar-refractivity contribution is 6.46. The number of nitrogens with one attached hydrogen (secondary N) is 1. The number of furan rings is 1. The Morgan fingerprint density at radius 2 is 1.79 bits per heavy atom. The smallest absolute Gasteiger partial charge is 0.300 e. The molecule has 1 N–H and O–H groups in total. The Morgan fingerprint density at radius 3 is 2.46 bits per heavy atom. The van der Waals surface area contributed by atoms with Crippen LogP contribution in [0.4, 0.5) is 10.1 Å². The fourth-order valence-corrected chi connectivity index (χ4v) is 2.83. The third kappa shape index (κ3) is 4.35. The number of ketones is 2. The van der Waals surface area contributed by atoms with E-state index in [-0.39, 0.29) is 34.3 Å². The van der Waals surface area contributed by atoms with Gasteiger partial charge in [0, 0.05) is 12.1 Å². The first-order valence-electron chi connectivity index (χ1n) is 8.33. The zero-order valence-electron chi connectivity index (χ0n) is 14.8. The molecule has 0 saturated carbocycles. The van der Waals surface area contributed by atoms with Crippen molar-refractivity contribution < 1.29 is 23.2 Å². The van der Waals surface area contributed by atoms with Crippen molar-refractivity contribution in [1.29, 1.82) is 0 Å². The van der Waals surface area contributed by atoms with E-state index in [1.807, 2.05) is 0 Å². The minimum absolute atomic E-state index is 0.0514. The van der Waals surface area contributed by atoms with Gasteiger partial charge in [-0.25, -0.2) is 4.39 Å². The van der Waals surface area contributed by atoms with Crippen LogP contribution in [0.15, 0.2) is 59.0 Å². The monoisotopic (exact) mass is 399 g/mol. The number of halogens is 2. The SMILES string of the molecule is Cc1oc(C(=O)C(=O)Nc2ccccc2)cc1C(=O)Cc1ccc(F)c(Cl)c1. The van der Waals surface area contributed by atoms with Crippen molar-refractivity contribution in [1.82, 2.24) is 0 Å². The Labute approximate surface area is 165 Å². The van der Waals surface area contributed by atoms with E-state index in [0.717, 1.165) is 0 Å². The average molecular weight is 400 g/mol. The van der Waals surface area contributed by atoms with E-state index in [1.165, 1.54) is 31.2 Å². The van der Waals surface area contributed by atoms with Gasteiger partial charge in [0.1, 0.15) is 11.6 Å². The van der Waals surface area contributed by atoms with Gasteiger partial charge in [0.25, 0.3) is 11.7 Å². The number of Topliss-reactive ketones (excluding diaryl/α,β-unsaturated/α-hetero) is 2. The van der Waals surface area contributed by atoms with E-state index in [1.54, 1.807) is 30.3 Å². The molecule has 3 aromatic rings. The van der Waals surface area contributed by atoms with Gasteiger partial charge in [0.2, 0.25) is 0 Å². The van der Waals surface area contributed by atoms with Gasteiger partial charge in [0.05, 0.1) is 10.6 Å². The molecular weight excluding hydrogens is 385 g/mol. The number of rotatable bonds is 6. The first kappa shape index (κ1) is 19.5. The summed E-state index contributed by atoms with van der Waals surface area (Å²) in [5, 5.41) is 2.39. The van der Waals surface area contributed by atoms with Crippen LogP contribution in [-0.2, 0) is 11.2 Å². The van der Waals surface area contributed by atoms with Crippen LogP contribution in [0.3, 0.4) is 0 Å². The van der Waals surface area contributed by atoms with Crippen LogP contribution in [0.5, 0.6) is 0 Å². The largest absolute Gasteiger partial charge is 0.457 e. The third-order valence-corrected chi connectivity index (χ3v) is 4.32. The van der Waals surface area contributed by atoms with Crippen LogP contribution < -0.4 is 5.32 Å². The molecule has 1 heterocycles. The van der Waals surface area contributed by atoms with E-state index in [4.69, 9.17) is 16.0 Å². The third-order valence-electron chi connectivity index (χ3n) is 4.03. The maximum absolute atomic E-state index is 13.2. The molecule has 0 radical (unpaired) electrons. The highest BCUT2D eigenvalue weighted by atomic mass is 35.5. The number of anilines is 1. The molecule has 2 aromatic carbocycles. The predicted molar refractivity (Wildman–Crippen MR) is 102 cm³/mol. The van der Waals surface area contributed by atoms with Crippen molar-refractivity contribution in [3.05, 3.63) is 88.1 Å². The molecule has 1 aromatic heterocycles. The number of benzene rings is 2. The Bertz CT molecular complexity index is 1060. The first-order valence-corrected chi connectivity index (χ1v) is 8.71. The van der Waals surface area contributed by atoms with Crippen molar-refractivity contribution in [3.63, 3.8) is 0 Å². The Hall–Kier alpha value is -3.25. The van der Waals surface area contributed by atoms with Gasteiger partial charge in [-0.05, 0) is 42.8 Å². The molecular formula is C21H15ClFNO4. The minimum Gasteiger partial charge on any atom is -0.457 e. The molecule has 0 aliphatic carbocycles. The Kier molecular flexibility index (Phi) is 5.70. The van der Waals surface area contributed by atoms with E-state index in [0.29, 0.717) is 11.3 Å². The number of hydrogen-bond acceptors (Lipinski definition) is 4. The lowest BCUT2D eigenvalue weighted by Crippen LogP contribution is -2.22. The summed E-state index contributed by atoms with van der Waals surface area (Å²) >= 11 is 5.73. The predicted octanol–water partition coefficient (Wildman–Crippen LogP) is 4.63. The lowest BCUT2D eigenvalue weighted by Gasteiger charge is -2.02. The van der Waals surface area contributed by atoms with Gasteiger partial charge in [-0.3, -0.25) is 14.4 Å². The molecule has 0 fully saturated rings. The highest BCUT2D eigenvalue weighted by Gasteiger charge is 2.24. The Morgan fingerprint density at radius 1 is 1.07 bits per heavy atom. The van der Waals surface area contributed by atoms with Gasteiger partial charge in [0.15, 0.2) is 11.5 Å². The van der Waals surface area contributed by atoms with Crippen molar-refractivity contribution in [3.8, 4) is 0 Å². The lowest BCUT2D eigenvalue weighted by molar-refractivity contribution is -0.112. The van der Waals surface area contributed by atoms with E-state index in [9.17, 15) is 18.8 Å². The maximum Gasteiger partial charge on any atom is 0.300 e. The number of para-hydroxylation sites is 1. The number of hydrogen-bond donors (Lipinski definition) is 1. The van der Waals surface area contributed by atoms with Crippen LogP contribution in [-0.4, -0.2) is 17.5 Å². The van der Waals surface area contributed by atoms with Gasteiger partial charge in [-0.2, -0.15) is 0 Å². The molecule has 0 spiro atoms. The van der Waals surface area contributed by atoms with Gasteiger partial charge in [-0.15, -0.1) is 0 Å². The second-order valence-electron chi connectivity index (χ2n) is 6.08. The summed E-state index contributed by atoms with van der Waals surface area (Å²) in [6, 6.07) is 13.7. The fourth-order valence-electron chi connectivity index (χ4n) is 2.62. The van der Waals surface area contributed by atoms with Gasteiger partial charge in [-0.1, -0.05) is 35.9 Å². The molecule has 1 amide bonds. The molecule has 0 bridgehead atoms.